The van der Waals surface area contributed by atoms with Gasteiger partial charge in [0.25, 0.3) is 0 Å². The second kappa shape index (κ2) is 5.25. The fourth-order valence-electron chi connectivity index (χ4n) is 1.38. The van der Waals surface area contributed by atoms with Gasteiger partial charge in [-0.3, -0.25) is 0 Å². The van der Waals surface area contributed by atoms with Crippen molar-refractivity contribution >= 4 is 15.9 Å². The maximum absolute atomic E-state index is 13.2. The average molecular weight is 290 g/mol. The number of halogens is 2. The average Bonchev–Trinajstić information content (AvgIpc) is 2.15. The summed E-state index contributed by atoms with van der Waals surface area (Å²) >= 11 is 3.26. The molecule has 4 heteroatoms. The molecule has 2 N–H and O–H groups in total. The minimum absolute atomic E-state index is 0.175. The summed E-state index contributed by atoms with van der Waals surface area (Å²) in [6, 6.07) is 4.62. The third-order valence-corrected chi connectivity index (χ3v) is 3.25. The van der Waals surface area contributed by atoms with E-state index in [1.54, 1.807) is 7.11 Å². The second-order valence-corrected chi connectivity index (χ2v) is 5.31. The highest BCUT2D eigenvalue weighted by atomic mass is 79.9. The van der Waals surface area contributed by atoms with Crippen molar-refractivity contribution in [1.82, 2.24) is 0 Å². The predicted molar refractivity (Wildman–Crippen MR) is 66.9 cm³/mol. The van der Waals surface area contributed by atoms with Crippen LogP contribution in [0.15, 0.2) is 22.7 Å². The number of hydrogen-bond acceptors (Lipinski definition) is 2. The van der Waals surface area contributed by atoms with Crippen LogP contribution < -0.4 is 5.73 Å². The molecule has 1 aromatic carbocycles. The Morgan fingerprint density at radius 1 is 1.44 bits per heavy atom. The highest BCUT2D eigenvalue weighted by Gasteiger charge is 2.26. The van der Waals surface area contributed by atoms with Crippen LogP contribution in [0.2, 0.25) is 0 Å². The van der Waals surface area contributed by atoms with Gasteiger partial charge in [-0.25, -0.2) is 4.39 Å². The zero-order chi connectivity index (χ0) is 12.3. The van der Waals surface area contributed by atoms with Gasteiger partial charge in [0.1, 0.15) is 5.82 Å². The molecule has 0 fully saturated rings. The van der Waals surface area contributed by atoms with Gasteiger partial charge in [0, 0.05) is 17.6 Å². The third-order valence-electron chi connectivity index (χ3n) is 2.80. The summed E-state index contributed by atoms with van der Waals surface area (Å²) in [5.74, 6) is -0.258. The molecule has 0 aliphatic carbocycles. The van der Waals surface area contributed by atoms with E-state index in [-0.39, 0.29) is 11.9 Å². The van der Waals surface area contributed by atoms with Crippen LogP contribution in [0.4, 0.5) is 4.39 Å². The molecule has 0 heterocycles. The molecule has 2 nitrogen and oxygen atoms in total. The molecule has 1 rings (SSSR count). The van der Waals surface area contributed by atoms with Gasteiger partial charge in [0.15, 0.2) is 0 Å². The van der Waals surface area contributed by atoms with Gasteiger partial charge in [-0.05, 0) is 44.0 Å². The van der Waals surface area contributed by atoms with Gasteiger partial charge in [-0.2, -0.15) is 0 Å². The Labute approximate surface area is 104 Å². The molecule has 1 aromatic rings. The molecule has 1 atom stereocenters. The van der Waals surface area contributed by atoms with Crippen LogP contribution in [0.5, 0.6) is 0 Å². The molecular weight excluding hydrogens is 273 g/mol. The van der Waals surface area contributed by atoms with Crippen molar-refractivity contribution in [3.05, 3.63) is 34.1 Å². The van der Waals surface area contributed by atoms with Crippen molar-refractivity contribution in [3.63, 3.8) is 0 Å². The van der Waals surface area contributed by atoms with E-state index in [0.29, 0.717) is 6.42 Å². The Kier molecular flexibility index (Phi) is 4.47. The zero-order valence-corrected chi connectivity index (χ0v) is 11.3. The van der Waals surface area contributed by atoms with Crippen LogP contribution in [-0.4, -0.2) is 18.8 Å². The molecule has 16 heavy (non-hydrogen) atoms. The standard InChI is InChI=1S/C12H17BrFNO/c1-12(2,16-3)11(15)6-8-4-9(13)7-10(14)5-8/h4-5,7,11H,6,15H2,1-3H3. The maximum Gasteiger partial charge on any atom is 0.124 e. The summed E-state index contributed by atoms with van der Waals surface area (Å²) in [6.07, 6.45) is 0.581. The molecule has 0 saturated heterocycles. The van der Waals surface area contributed by atoms with Crippen LogP contribution in [0.25, 0.3) is 0 Å². The fraction of sp³-hybridized carbons (Fsp3) is 0.500. The van der Waals surface area contributed by atoms with Crippen LogP contribution in [-0.2, 0) is 11.2 Å². The molecule has 0 bridgehead atoms. The third kappa shape index (κ3) is 3.54. The zero-order valence-electron chi connectivity index (χ0n) is 9.76. The molecular formula is C12H17BrFNO. The molecule has 1 unspecified atom stereocenters. The first-order chi connectivity index (χ1) is 7.35. The van der Waals surface area contributed by atoms with Gasteiger partial charge >= 0.3 is 0 Å². The summed E-state index contributed by atoms with van der Waals surface area (Å²) in [5, 5.41) is 0. The molecule has 90 valence electrons. The van der Waals surface area contributed by atoms with Crippen molar-refractivity contribution in [2.75, 3.05) is 7.11 Å². The maximum atomic E-state index is 13.2. The minimum atomic E-state index is -0.418. The van der Waals surface area contributed by atoms with E-state index in [0.717, 1.165) is 10.0 Å². The van der Waals surface area contributed by atoms with Gasteiger partial charge in [0.2, 0.25) is 0 Å². The van der Waals surface area contributed by atoms with Gasteiger partial charge < -0.3 is 10.5 Å². The van der Waals surface area contributed by atoms with Crippen LogP contribution in [0.1, 0.15) is 19.4 Å². The lowest BCUT2D eigenvalue weighted by Crippen LogP contribution is -2.46. The van der Waals surface area contributed by atoms with Crippen LogP contribution >= 0.6 is 15.9 Å². The van der Waals surface area contributed by atoms with E-state index in [1.165, 1.54) is 12.1 Å². The lowest BCUT2D eigenvalue weighted by Gasteiger charge is -2.30. The molecule has 0 spiro atoms. The van der Waals surface area contributed by atoms with Gasteiger partial charge in [-0.15, -0.1) is 0 Å². The number of hydrogen-bond donors (Lipinski definition) is 1. The first kappa shape index (κ1) is 13.6. The molecule has 0 aromatic heterocycles. The van der Waals surface area contributed by atoms with E-state index in [9.17, 15) is 4.39 Å². The Balaban J connectivity index is 2.80. The molecule has 0 amide bonds. The van der Waals surface area contributed by atoms with Crippen molar-refractivity contribution in [3.8, 4) is 0 Å². The molecule has 0 radical (unpaired) electrons. The topological polar surface area (TPSA) is 35.2 Å². The van der Waals surface area contributed by atoms with Crippen molar-refractivity contribution < 1.29 is 9.13 Å². The highest BCUT2D eigenvalue weighted by molar-refractivity contribution is 9.10. The number of rotatable bonds is 4. The quantitative estimate of drug-likeness (QED) is 0.925. The van der Waals surface area contributed by atoms with Gasteiger partial charge in [-0.1, -0.05) is 15.9 Å². The summed E-state index contributed by atoms with van der Waals surface area (Å²) in [6.45, 7) is 3.85. The fourth-order valence-corrected chi connectivity index (χ4v) is 1.89. The lowest BCUT2D eigenvalue weighted by molar-refractivity contribution is 0.000787. The first-order valence-electron chi connectivity index (χ1n) is 5.11. The smallest absolute Gasteiger partial charge is 0.124 e. The molecule has 0 saturated carbocycles. The summed E-state index contributed by atoms with van der Waals surface area (Å²) < 4.78 is 19.2. The Hall–Kier alpha value is -0.450. The summed E-state index contributed by atoms with van der Waals surface area (Å²) in [5.41, 5.74) is 6.48. The SMILES string of the molecule is COC(C)(C)C(N)Cc1cc(F)cc(Br)c1. The largest absolute Gasteiger partial charge is 0.377 e. The van der Waals surface area contributed by atoms with E-state index < -0.39 is 5.60 Å². The number of nitrogens with two attached hydrogens (primary N) is 1. The van der Waals surface area contributed by atoms with E-state index in [4.69, 9.17) is 10.5 Å². The Bertz CT molecular complexity index is 348. The highest BCUT2D eigenvalue weighted by Crippen LogP contribution is 2.20. The normalized spacial score (nSPS) is 13.9. The predicted octanol–water partition coefficient (Wildman–Crippen LogP) is 2.88. The number of benzene rings is 1. The monoisotopic (exact) mass is 289 g/mol. The van der Waals surface area contributed by atoms with Crippen molar-refractivity contribution in [2.24, 2.45) is 5.73 Å². The number of methoxy groups -OCH3 is 1. The van der Waals surface area contributed by atoms with Crippen LogP contribution in [0, 0.1) is 5.82 Å². The summed E-state index contributed by atoms with van der Waals surface area (Å²) in [7, 11) is 1.63. The summed E-state index contributed by atoms with van der Waals surface area (Å²) in [4.78, 5) is 0. The Morgan fingerprint density at radius 3 is 2.56 bits per heavy atom. The minimum Gasteiger partial charge on any atom is -0.377 e. The molecule has 0 aliphatic rings. The van der Waals surface area contributed by atoms with Crippen LogP contribution in [0.3, 0.4) is 0 Å². The number of ether oxygens (including phenoxy) is 1. The first-order valence-corrected chi connectivity index (χ1v) is 5.90. The van der Waals surface area contributed by atoms with Gasteiger partial charge in [0.05, 0.1) is 5.60 Å². The van der Waals surface area contributed by atoms with E-state index >= 15 is 0 Å². The van der Waals surface area contributed by atoms with Crippen molar-refractivity contribution in [1.29, 1.82) is 0 Å². The molecule has 0 aliphatic heterocycles. The lowest BCUT2D eigenvalue weighted by atomic mass is 9.93. The van der Waals surface area contributed by atoms with Crippen molar-refractivity contribution in [2.45, 2.75) is 31.9 Å². The van der Waals surface area contributed by atoms with E-state index in [1.807, 2.05) is 19.9 Å². The second-order valence-electron chi connectivity index (χ2n) is 4.40. The Morgan fingerprint density at radius 2 is 2.06 bits per heavy atom. The van der Waals surface area contributed by atoms with E-state index in [2.05, 4.69) is 15.9 Å².